The number of hydrogen-bond donors (Lipinski definition) is 1. The van der Waals surface area contributed by atoms with Crippen LogP contribution in [-0.2, 0) is 0 Å². The zero-order chi connectivity index (χ0) is 7.52. The van der Waals surface area contributed by atoms with Crippen molar-refractivity contribution < 1.29 is 0 Å². The molecule has 64 valence electrons. The van der Waals surface area contributed by atoms with Gasteiger partial charge in [-0.15, -0.1) is 12.4 Å². The van der Waals surface area contributed by atoms with Gasteiger partial charge in [-0.25, -0.2) is 0 Å². The van der Waals surface area contributed by atoms with Gasteiger partial charge in [0.15, 0.2) is 0 Å². The molecule has 0 saturated carbocycles. The molecule has 0 fully saturated rings. The predicted octanol–water partition coefficient (Wildman–Crippen LogP) is 1.52. The van der Waals surface area contributed by atoms with Gasteiger partial charge in [0, 0.05) is 25.0 Å². The standard InChI is InChI=1S/C8H9N3.ClH/c1-2-7(6-9-4-1)8-3-5-10-11-8;/h1-2,4-6,8,11H,3H2;1H/t8-;/m1./s1. The summed E-state index contributed by atoms with van der Waals surface area (Å²) in [6.45, 7) is 0. The van der Waals surface area contributed by atoms with Gasteiger partial charge in [0.2, 0.25) is 0 Å². The van der Waals surface area contributed by atoms with E-state index < -0.39 is 0 Å². The summed E-state index contributed by atoms with van der Waals surface area (Å²) in [5.74, 6) is 0. The van der Waals surface area contributed by atoms with Gasteiger partial charge in [0.25, 0.3) is 0 Å². The van der Waals surface area contributed by atoms with E-state index in [-0.39, 0.29) is 12.4 Å². The van der Waals surface area contributed by atoms with Gasteiger partial charge in [0.05, 0.1) is 6.04 Å². The lowest BCUT2D eigenvalue weighted by atomic mass is 10.1. The van der Waals surface area contributed by atoms with Crippen molar-refractivity contribution in [2.75, 3.05) is 0 Å². The fourth-order valence-electron chi connectivity index (χ4n) is 1.15. The molecule has 0 unspecified atom stereocenters. The molecule has 2 rings (SSSR count). The average molecular weight is 184 g/mol. The smallest absolute Gasteiger partial charge is 0.0754 e. The Morgan fingerprint density at radius 2 is 2.42 bits per heavy atom. The number of hydrogen-bond acceptors (Lipinski definition) is 3. The van der Waals surface area contributed by atoms with Crippen molar-refractivity contribution in [3.05, 3.63) is 30.1 Å². The van der Waals surface area contributed by atoms with E-state index in [1.165, 1.54) is 5.56 Å². The Hall–Kier alpha value is -1.09. The first-order chi connectivity index (χ1) is 5.47. The molecule has 1 aromatic heterocycles. The highest BCUT2D eigenvalue weighted by molar-refractivity contribution is 5.85. The molecule has 0 aliphatic carbocycles. The van der Waals surface area contributed by atoms with E-state index in [9.17, 15) is 0 Å². The fourth-order valence-corrected chi connectivity index (χ4v) is 1.15. The van der Waals surface area contributed by atoms with Crippen LogP contribution >= 0.6 is 12.4 Å². The molecule has 1 N–H and O–H groups in total. The molecule has 0 amide bonds. The van der Waals surface area contributed by atoms with Gasteiger partial charge < -0.3 is 5.43 Å². The van der Waals surface area contributed by atoms with Crippen molar-refractivity contribution in [1.82, 2.24) is 10.4 Å². The van der Waals surface area contributed by atoms with Crippen molar-refractivity contribution in [2.24, 2.45) is 5.10 Å². The van der Waals surface area contributed by atoms with E-state index in [4.69, 9.17) is 0 Å². The van der Waals surface area contributed by atoms with Crippen molar-refractivity contribution in [3.8, 4) is 0 Å². The second-order valence-electron chi connectivity index (χ2n) is 2.52. The van der Waals surface area contributed by atoms with Crippen LogP contribution in [0.2, 0.25) is 0 Å². The van der Waals surface area contributed by atoms with Gasteiger partial charge in [-0.2, -0.15) is 5.10 Å². The minimum atomic E-state index is 0. The second kappa shape index (κ2) is 4.07. The first kappa shape index (κ1) is 9.00. The summed E-state index contributed by atoms with van der Waals surface area (Å²) < 4.78 is 0. The van der Waals surface area contributed by atoms with Crippen LogP contribution in [0.15, 0.2) is 29.6 Å². The number of hydrazone groups is 1. The monoisotopic (exact) mass is 183 g/mol. The first-order valence-corrected chi connectivity index (χ1v) is 3.64. The third-order valence-corrected chi connectivity index (χ3v) is 1.75. The van der Waals surface area contributed by atoms with Crippen LogP contribution in [0.3, 0.4) is 0 Å². The third-order valence-electron chi connectivity index (χ3n) is 1.75. The Labute approximate surface area is 77.3 Å². The van der Waals surface area contributed by atoms with Crippen LogP contribution in [0.5, 0.6) is 0 Å². The Morgan fingerprint density at radius 1 is 1.50 bits per heavy atom. The van der Waals surface area contributed by atoms with Gasteiger partial charge >= 0.3 is 0 Å². The number of pyridine rings is 1. The predicted molar refractivity (Wildman–Crippen MR) is 50.5 cm³/mol. The number of nitrogens with one attached hydrogen (secondary N) is 1. The largest absolute Gasteiger partial charge is 0.302 e. The van der Waals surface area contributed by atoms with Crippen LogP contribution in [0.25, 0.3) is 0 Å². The van der Waals surface area contributed by atoms with Crippen molar-refractivity contribution in [2.45, 2.75) is 12.5 Å². The molecule has 1 atom stereocenters. The third kappa shape index (κ3) is 1.74. The fraction of sp³-hybridized carbons (Fsp3) is 0.250. The molecule has 0 bridgehead atoms. The lowest BCUT2D eigenvalue weighted by Gasteiger charge is -2.07. The number of aromatic nitrogens is 1. The van der Waals surface area contributed by atoms with Gasteiger partial charge in [-0.1, -0.05) is 6.07 Å². The molecule has 0 spiro atoms. The van der Waals surface area contributed by atoms with E-state index in [0.29, 0.717) is 6.04 Å². The normalized spacial score (nSPS) is 19.8. The highest BCUT2D eigenvalue weighted by Crippen LogP contribution is 2.16. The Bertz CT molecular complexity index is 252. The molecule has 1 aliphatic heterocycles. The summed E-state index contributed by atoms with van der Waals surface area (Å²) in [5.41, 5.74) is 4.20. The Morgan fingerprint density at radius 3 is 3.00 bits per heavy atom. The molecular formula is C8H10ClN3. The minimum absolute atomic E-state index is 0. The average Bonchev–Trinajstić information content (AvgIpc) is 2.58. The van der Waals surface area contributed by atoms with Gasteiger partial charge in [-0.3, -0.25) is 4.98 Å². The lowest BCUT2D eigenvalue weighted by Crippen LogP contribution is -2.09. The van der Waals surface area contributed by atoms with Crippen LogP contribution in [0.4, 0.5) is 0 Å². The van der Waals surface area contributed by atoms with Crippen molar-refractivity contribution in [3.63, 3.8) is 0 Å². The summed E-state index contributed by atoms with van der Waals surface area (Å²) in [4.78, 5) is 4.03. The van der Waals surface area contributed by atoms with Crippen LogP contribution in [0.1, 0.15) is 18.0 Å². The molecule has 2 heterocycles. The van der Waals surface area contributed by atoms with E-state index in [1.807, 2.05) is 18.5 Å². The quantitative estimate of drug-likeness (QED) is 0.717. The van der Waals surface area contributed by atoms with Crippen LogP contribution in [0, 0.1) is 0 Å². The van der Waals surface area contributed by atoms with E-state index in [2.05, 4.69) is 21.6 Å². The first-order valence-electron chi connectivity index (χ1n) is 3.64. The highest BCUT2D eigenvalue weighted by Gasteiger charge is 2.11. The molecular weight excluding hydrogens is 174 g/mol. The Balaban J connectivity index is 0.000000720. The maximum Gasteiger partial charge on any atom is 0.0754 e. The zero-order valence-corrected chi connectivity index (χ0v) is 7.29. The molecule has 0 radical (unpaired) electrons. The molecule has 1 aromatic rings. The summed E-state index contributed by atoms with van der Waals surface area (Å²) in [6.07, 6.45) is 6.50. The number of nitrogens with zero attached hydrogens (tertiary/aromatic N) is 2. The summed E-state index contributed by atoms with van der Waals surface area (Å²) in [7, 11) is 0. The number of rotatable bonds is 1. The maximum absolute atomic E-state index is 4.03. The topological polar surface area (TPSA) is 37.3 Å². The van der Waals surface area contributed by atoms with Crippen molar-refractivity contribution >= 4 is 18.6 Å². The second-order valence-corrected chi connectivity index (χ2v) is 2.52. The SMILES string of the molecule is C1=NN[C@@H](c2cccnc2)C1.Cl. The Kier molecular flexibility index (Phi) is 3.05. The minimum Gasteiger partial charge on any atom is -0.302 e. The number of halogens is 1. The highest BCUT2D eigenvalue weighted by atomic mass is 35.5. The van der Waals surface area contributed by atoms with Crippen LogP contribution in [-0.4, -0.2) is 11.2 Å². The molecule has 3 nitrogen and oxygen atoms in total. The zero-order valence-electron chi connectivity index (χ0n) is 6.47. The van der Waals surface area contributed by atoms with Gasteiger partial charge in [0.1, 0.15) is 0 Å². The molecule has 1 aliphatic rings. The van der Waals surface area contributed by atoms with Crippen LogP contribution < -0.4 is 5.43 Å². The molecule has 0 aromatic carbocycles. The molecule has 12 heavy (non-hydrogen) atoms. The van der Waals surface area contributed by atoms with E-state index >= 15 is 0 Å². The lowest BCUT2D eigenvalue weighted by molar-refractivity contribution is 0.618. The van der Waals surface area contributed by atoms with Crippen molar-refractivity contribution in [1.29, 1.82) is 0 Å². The van der Waals surface area contributed by atoms with Gasteiger partial charge in [-0.05, 0) is 11.6 Å². The van der Waals surface area contributed by atoms with E-state index in [1.54, 1.807) is 6.20 Å². The van der Waals surface area contributed by atoms with E-state index in [0.717, 1.165) is 6.42 Å². The summed E-state index contributed by atoms with van der Waals surface area (Å²) in [6, 6.07) is 4.33. The maximum atomic E-state index is 4.03. The molecule has 4 heteroatoms. The molecule has 0 saturated heterocycles. The summed E-state index contributed by atoms with van der Waals surface area (Å²) >= 11 is 0. The summed E-state index contributed by atoms with van der Waals surface area (Å²) in [5, 5.41) is 3.94.